The van der Waals surface area contributed by atoms with E-state index in [0.29, 0.717) is 12.6 Å². The summed E-state index contributed by atoms with van der Waals surface area (Å²) in [4.78, 5) is 1.32. The molecule has 15 heavy (non-hydrogen) atoms. The van der Waals surface area contributed by atoms with Crippen molar-refractivity contribution in [1.82, 2.24) is 5.32 Å². The second-order valence-electron chi connectivity index (χ2n) is 5.03. The highest BCUT2D eigenvalue weighted by Gasteiger charge is 2.22. The molecule has 1 rings (SSSR count). The third kappa shape index (κ3) is 3.93. The maximum Gasteiger partial charge on any atom is 0.0712 e. The number of hydrogen-bond acceptors (Lipinski definition) is 3. The molecular weight excluding hydrogens is 206 g/mol. The van der Waals surface area contributed by atoms with Crippen molar-refractivity contribution >= 4 is 11.3 Å². The van der Waals surface area contributed by atoms with Gasteiger partial charge < -0.3 is 10.4 Å². The molecule has 0 bridgehead atoms. The highest BCUT2D eigenvalue weighted by molar-refractivity contribution is 7.10. The summed E-state index contributed by atoms with van der Waals surface area (Å²) in [5, 5.41) is 15.3. The molecule has 3 heteroatoms. The fourth-order valence-corrected chi connectivity index (χ4v) is 1.99. The van der Waals surface area contributed by atoms with Gasteiger partial charge in [-0.1, -0.05) is 26.8 Å². The Morgan fingerprint density at radius 2 is 2.13 bits per heavy atom. The largest absolute Gasteiger partial charge is 0.391 e. The molecule has 86 valence electrons. The topological polar surface area (TPSA) is 32.3 Å². The van der Waals surface area contributed by atoms with Gasteiger partial charge in [-0.3, -0.25) is 0 Å². The van der Waals surface area contributed by atoms with Gasteiger partial charge in [0.1, 0.15) is 0 Å². The molecule has 0 saturated carbocycles. The molecule has 0 aliphatic heterocycles. The predicted octanol–water partition coefficient (Wildman–Crippen LogP) is 2.81. The van der Waals surface area contributed by atoms with Crippen LogP contribution in [0.5, 0.6) is 0 Å². The van der Waals surface area contributed by atoms with Gasteiger partial charge in [-0.2, -0.15) is 0 Å². The van der Waals surface area contributed by atoms with Crippen molar-refractivity contribution in [3.05, 3.63) is 22.4 Å². The normalized spacial score (nSPS) is 16.3. The molecule has 0 aromatic carbocycles. The van der Waals surface area contributed by atoms with Gasteiger partial charge in [0.05, 0.1) is 6.10 Å². The number of thiophene rings is 1. The maximum absolute atomic E-state index is 9.87. The summed E-state index contributed by atoms with van der Waals surface area (Å²) in [6, 6.07) is 4.49. The highest BCUT2D eigenvalue weighted by Crippen LogP contribution is 2.21. The van der Waals surface area contributed by atoms with Gasteiger partial charge in [-0.25, -0.2) is 0 Å². The van der Waals surface area contributed by atoms with Crippen LogP contribution in [0.15, 0.2) is 17.5 Å². The van der Waals surface area contributed by atoms with Gasteiger partial charge >= 0.3 is 0 Å². The Labute approximate surface area is 96.3 Å². The van der Waals surface area contributed by atoms with Crippen LogP contribution in [0.2, 0.25) is 0 Å². The molecule has 0 saturated heterocycles. The van der Waals surface area contributed by atoms with Crippen molar-refractivity contribution in [2.24, 2.45) is 5.41 Å². The molecule has 0 aliphatic rings. The van der Waals surface area contributed by atoms with Gasteiger partial charge in [0.25, 0.3) is 0 Å². The van der Waals surface area contributed by atoms with Crippen molar-refractivity contribution in [1.29, 1.82) is 0 Å². The molecule has 1 heterocycles. The van der Waals surface area contributed by atoms with Crippen LogP contribution in [-0.4, -0.2) is 17.8 Å². The lowest BCUT2D eigenvalue weighted by molar-refractivity contribution is 0.0610. The quantitative estimate of drug-likeness (QED) is 0.829. The SMILES string of the molecule is CC(NCC(O)C(C)(C)C)c1cccs1. The van der Waals surface area contributed by atoms with Gasteiger partial charge in [0.15, 0.2) is 0 Å². The zero-order valence-electron chi connectivity index (χ0n) is 9.95. The summed E-state index contributed by atoms with van der Waals surface area (Å²) < 4.78 is 0. The van der Waals surface area contributed by atoms with E-state index in [-0.39, 0.29) is 11.5 Å². The summed E-state index contributed by atoms with van der Waals surface area (Å²) in [5.74, 6) is 0. The Morgan fingerprint density at radius 1 is 1.47 bits per heavy atom. The molecule has 0 spiro atoms. The minimum Gasteiger partial charge on any atom is -0.391 e. The van der Waals surface area contributed by atoms with Gasteiger partial charge in [-0.05, 0) is 23.8 Å². The van der Waals surface area contributed by atoms with Crippen LogP contribution in [0.3, 0.4) is 0 Å². The number of nitrogens with one attached hydrogen (secondary N) is 1. The highest BCUT2D eigenvalue weighted by atomic mass is 32.1. The van der Waals surface area contributed by atoms with Crippen molar-refractivity contribution in [3.8, 4) is 0 Å². The van der Waals surface area contributed by atoms with Crippen LogP contribution in [-0.2, 0) is 0 Å². The molecule has 0 amide bonds. The molecule has 2 nitrogen and oxygen atoms in total. The zero-order chi connectivity index (χ0) is 11.5. The Kier molecular flexibility index (Phi) is 4.32. The summed E-state index contributed by atoms with van der Waals surface area (Å²) in [7, 11) is 0. The van der Waals surface area contributed by atoms with Crippen LogP contribution in [0, 0.1) is 5.41 Å². The fourth-order valence-electron chi connectivity index (χ4n) is 1.23. The number of aliphatic hydroxyl groups excluding tert-OH is 1. The van der Waals surface area contributed by atoms with E-state index < -0.39 is 0 Å². The lowest BCUT2D eigenvalue weighted by Crippen LogP contribution is -2.37. The molecule has 2 unspecified atom stereocenters. The van der Waals surface area contributed by atoms with E-state index in [2.05, 4.69) is 50.5 Å². The van der Waals surface area contributed by atoms with Crippen LogP contribution in [0.25, 0.3) is 0 Å². The average molecular weight is 227 g/mol. The summed E-state index contributed by atoms with van der Waals surface area (Å²) in [5.41, 5.74) is -0.0534. The molecule has 0 fully saturated rings. The first kappa shape index (κ1) is 12.7. The van der Waals surface area contributed by atoms with Crippen molar-refractivity contribution in [2.45, 2.75) is 39.8 Å². The lowest BCUT2D eigenvalue weighted by atomic mass is 9.89. The molecule has 1 aromatic heterocycles. The molecule has 2 N–H and O–H groups in total. The van der Waals surface area contributed by atoms with Crippen LogP contribution >= 0.6 is 11.3 Å². The van der Waals surface area contributed by atoms with Gasteiger partial charge in [-0.15, -0.1) is 11.3 Å². The van der Waals surface area contributed by atoms with Crippen molar-refractivity contribution < 1.29 is 5.11 Å². The van der Waals surface area contributed by atoms with Gasteiger partial charge in [0, 0.05) is 17.5 Å². The Balaban J connectivity index is 2.38. The second kappa shape index (κ2) is 5.10. The van der Waals surface area contributed by atoms with E-state index in [1.807, 2.05) is 0 Å². The second-order valence-corrected chi connectivity index (χ2v) is 6.01. The average Bonchev–Trinajstić information content (AvgIpc) is 2.64. The smallest absolute Gasteiger partial charge is 0.0712 e. The minimum atomic E-state index is -0.306. The lowest BCUT2D eigenvalue weighted by Gasteiger charge is -2.27. The third-order valence-electron chi connectivity index (χ3n) is 2.59. The van der Waals surface area contributed by atoms with E-state index in [9.17, 15) is 5.11 Å². The van der Waals surface area contributed by atoms with Crippen LogP contribution in [0.4, 0.5) is 0 Å². The fraction of sp³-hybridized carbons (Fsp3) is 0.667. The molecule has 2 atom stereocenters. The number of rotatable bonds is 4. The van der Waals surface area contributed by atoms with E-state index in [0.717, 1.165) is 0 Å². The van der Waals surface area contributed by atoms with E-state index in [1.54, 1.807) is 11.3 Å². The van der Waals surface area contributed by atoms with E-state index >= 15 is 0 Å². The maximum atomic E-state index is 9.87. The number of aliphatic hydroxyl groups is 1. The van der Waals surface area contributed by atoms with Crippen molar-refractivity contribution in [3.63, 3.8) is 0 Å². The first-order chi connectivity index (χ1) is 6.91. The van der Waals surface area contributed by atoms with E-state index in [4.69, 9.17) is 0 Å². The molecule has 1 aromatic rings. The van der Waals surface area contributed by atoms with Crippen LogP contribution in [0.1, 0.15) is 38.6 Å². The standard InChI is InChI=1S/C12H21NOS/c1-9(10-6-5-7-15-10)13-8-11(14)12(2,3)4/h5-7,9,11,13-14H,8H2,1-4H3. The molecular formula is C12H21NOS. The van der Waals surface area contributed by atoms with Crippen molar-refractivity contribution in [2.75, 3.05) is 6.54 Å². The summed E-state index contributed by atoms with van der Waals surface area (Å²) in [6.45, 7) is 8.92. The first-order valence-corrected chi connectivity index (χ1v) is 6.24. The Bertz CT molecular complexity index is 276. The third-order valence-corrected chi connectivity index (χ3v) is 3.64. The van der Waals surface area contributed by atoms with E-state index in [1.165, 1.54) is 4.88 Å². The minimum absolute atomic E-state index is 0.0534. The molecule has 0 radical (unpaired) electrons. The van der Waals surface area contributed by atoms with Crippen LogP contribution < -0.4 is 5.32 Å². The number of hydrogen-bond donors (Lipinski definition) is 2. The molecule has 0 aliphatic carbocycles. The first-order valence-electron chi connectivity index (χ1n) is 5.36. The zero-order valence-corrected chi connectivity index (χ0v) is 10.8. The Morgan fingerprint density at radius 3 is 2.60 bits per heavy atom. The Hall–Kier alpha value is -0.380. The monoisotopic (exact) mass is 227 g/mol. The predicted molar refractivity (Wildman–Crippen MR) is 66.2 cm³/mol. The summed E-state index contributed by atoms with van der Waals surface area (Å²) in [6.07, 6.45) is -0.306. The summed E-state index contributed by atoms with van der Waals surface area (Å²) >= 11 is 1.75. The van der Waals surface area contributed by atoms with Gasteiger partial charge in [0.2, 0.25) is 0 Å².